The van der Waals surface area contributed by atoms with E-state index < -0.39 is 0 Å². The molecule has 1 aliphatic heterocycles. The summed E-state index contributed by atoms with van der Waals surface area (Å²) in [7, 11) is 1.98. The van der Waals surface area contributed by atoms with Crippen LogP contribution in [-0.2, 0) is 20.0 Å². The van der Waals surface area contributed by atoms with E-state index in [4.69, 9.17) is 5.10 Å². The Labute approximate surface area is 163 Å². The highest BCUT2D eigenvalue weighted by Gasteiger charge is 2.28. The first-order valence-corrected chi connectivity index (χ1v) is 9.59. The Kier molecular flexibility index (Phi) is 3.83. The van der Waals surface area contributed by atoms with Crippen molar-refractivity contribution >= 4 is 16.8 Å². The standard InChI is InChI=1S/C23H22N4O/c1-15-7-6-10-17-13-19(24-21(15)17)23(28)27-12-11-18-20(14-27)25-26(2)22(18)16-8-4-3-5-9-16/h3-10,13,24H,11-12,14H2,1-2H3. The molecule has 0 bridgehead atoms. The fraction of sp³-hybridized carbons (Fsp3) is 0.217. The number of carbonyl (C=O) groups is 1. The van der Waals surface area contributed by atoms with Gasteiger partial charge in [0.15, 0.2) is 0 Å². The zero-order chi connectivity index (χ0) is 19.3. The minimum absolute atomic E-state index is 0.0353. The Balaban J connectivity index is 1.46. The van der Waals surface area contributed by atoms with E-state index in [1.807, 2.05) is 53.0 Å². The number of hydrogen-bond donors (Lipinski definition) is 1. The maximum Gasteiger partial charge on any atom is 0.270 e. The average Bonchev–Trinajstić information content (AvgIpc) is 3.29. The van der Waals surface area contributed by atoms with Gasteiger partial charge >= 0.3 is 0 Å². The summed E-state index contributed by atoms with van der Waals surface area (Å²) >= 11 is 0. The first-order valence-electron chi connectivity index (χ1n) is 9.59. The van der Waals surface area contributed by atoms with Crippen LogP contribution in [0.3, 0.4) is 0 Å². The molecule has 0 saturated carbocycles. The first-order chi connectivity index (χ1) is 13.6. The Morgan fingerprint density at radius 2 is 1.93 bits per heavy atom. The van der Waals surface area contributed by atoms with Gasteiger partial charge in [-0.2, -0.15) is 5.10 Å². The molecule has 0 fully saturated rings. The molecular formula is C23H22N4O. The van der Waals surface area contributed by atoms with Gasteiger partial charge in [0.1, 0.15) is 5.69 Å². The van der Waals surface area contributed by atoms with Crippen molar-refractivity contribution in [2.24, 2.45) is 7.05 Å². The quantitative estimate of drug-likeness (QED) is 0.578. The van der Waals surface area contributed by atoms with Crippen LogP contribution >= 0.6 is 0 Å². The van der Waals surface area contributed by atoms with Gasteiger partial charge in [-0.1, -0.05) is 48.5 Å². The maximum atomic E-state index is 13.1. The van der Waals surface area contributed by atoms with Crippen molar-refractivity contribution in [3.05, 3.63) is 77.1 Å². The predicted molar refractivity (Wildman–Crippen MR) is 110 cm³/mol. The number of nitrogens with one attached hydrogen (secondary N) is 1. The highest BCUT2D eigenvalue weighted by Crippen LogP contribution is 2.30. The number of aryl methyl sites for hydroxylation is 2. The van der Waals surface area contributed by atoms with E-state index in [-0.39, 0.29) is 5.91 Å². The zero-order valence-electron chi connectivity index (χ0n) is 16.1. The monoisotopic (exact) mass is 370 g/mol. The van der Waals surface area contributed by atoms with E-state index in [1.54, 1.807) is 0 Å². The summed E-state index contributed by atoms with van der Waals surface area (Å²) < 4.78 is 1.94. The van der Waals surface area contributed by atoms with E-state index in [9.17, 15) is 4.79 Å². The van der Waals surface area contributed by atoms with Gasteiger partial charge < -0.3 is 9.88 Å². The molecule has 0 aliphatic carbocycles. The fourth-order valence-corrected chi connectivity index (χ4v) is 4.24. The highest BCUT2D eigenvalue weighted by atomic mass is 16.2. The van der Waals surface area contributed by atoms with Crippen molar-refractivity contribution in [3.8, 4) is 11.3 Å². The number of hydrogen-bond acceptors (Lipinski definition) is 2. The molecule has 5 nitrogen and oxygen atoms in total. The minimum atomic E-state index is 0.0353. The molecular weight excluding hydrogens is 348 g/mol. The SMILES string of the molecule is Cc1cccc2cc(C(=O)N3CCc4c(nn(C)c4-c4ccccc4)C3)[nH]c12. The summed E-state index contributed by atoms with van der Waals surface area (Å²) in [6.07, 6.45) is 0.818. The molecule has 1 N–H and O–H groups in total. The molecule has 5 rings (SSSR count). The number of fused-ring (bicyclic) bond motifs is 2. The van der Waals surface area contributed by atoms with Crippen molar-refractivity contribution in [2.45, 2.75) is 19.9 Å². The van der Waals surface area contributed by atoms with Crippen molar-refractivity contribution in [1.29, 1.82) is 0 Å². The molecule has 4 aromatic rings. The molecule has 0 spiro atoms. The molecule has 0 unspecified atom stereocenters. The van der Waals surface area contributed by atoms with Crippen molar-refractivity contribution < 1.29 is 4.79 Å². The number of H-pyrrole nitrogens is 1. The molecule has 140 valence electrons. The molecule has 0 saturated heterocycles. The van der Waals surface area contributed by atoms with Gasteiger partial charge in [-0.25, -0.2) is 0 Å². The average molecular weight is 370 g/mol. The smallest absolute Gasteiger partial charge is 0.270 e. The second kappa shape index (κ2) is 6.37. The van der Waals surface area contributed by atoms with Crippen LogP contribution in [0.5, 0.6) is 0 Å². The van der Waals surface area contributed by atoms with E-state index in [1.165, 1.54) is 11.1 Å². The van der Waals surface area contributed by atoms with E-state index >= 15 is 0 Å². The Morgan fingerprint density at radius 1 is 1.11 bits per heavy atom. The second-order valence-corrected chi connectivity index (χ2v) is 7.46. The number of rotatable bonds is 2. The Hall–Kier alpha value is -3.34. The molecule has 2 aromatic heterocycles. The molecule has 28 heavy (non-hydrogen) atoms. The summed E-state index contributed by atoms with van der Waals surface area (Å²) in [5.74, 6) is 0.0353. The lowest BCUT2D eigenvalue weighted by Crippen LogP contribution is -2.36. The van der Waals surface area contributed by atoms with Crippen LogP contribution < -0.4 is 0 Å². The summed E-state index contributed by atoms with van der Waals surface area (Å²) in [4.78, 5) is 18.3. The van der Waals surface area contributed by atoms with Crippen molar-refractivity contribution in [3.63, 3.8) is 0 Å². The Morgan fingerprint density at radius 3 is 2.71 bits per heavy atom. The molecule has 2 aromatic carbocycles. The summed E-state index contributed by atoms with van der Waals surface area (Å²) in [5, 5.41) is 5.80. The zero-order valence-corrected chi connectivity index (χ0v) is 16.1. The normalized spacial score (nSPS) is 13.7. The lowest BCUT2D eigenvalue weighted by molar-refractivity contribution is 0.0727. The Bertz CT molecular complexity index is 1190. The topological polar surface area (TPSA) is 53.9 Å². The van der Waals surface area contributed by atoms with Gasteiger partial charge in [-0.05, 0) is 25.0 Å². The number of aromatic amines is 1. The summed E-state index contributed by atoms with van der Waals surface area (Å²) in [6.45, 7) is 3.30. The number of nitrogens with zero attached hydrogens (tertiary/aromatic N) is 3. The molecule has 0 atom stereocenters. The van der Waals surface area contributed by atoms with Crippen LogP contribution in [0.4, 0.5) is 0 Å². The van der Waals surface area contributed by atoms with Crippen LogP contribution in [0.2, 0.25) is 0 Å². The second-order valence-electron chi connectivity index (χ2n) is 7.46. The van der Waals surface area contributed by atoms with Gasteiger partial charge in [0.05, 0.1) is 17.9 Å². The van der Waals surface area contributed by atoms with Gasteiger partial charge in [0.2, 0.25) is 0 Å². The number of amides is 1. The molecule has 5 heteroatoms. The van der Waals surface area contributed by atoms with Crippen LogP contribution in [0, 0.1) is 6.92 Å². The van der Waals surface area contributed by atoms with E-state index in [2.05, 4.69) is 30.1 Å². The summed E-state index contributed by atoms with van der Waals surface area (Å²) in [5.41, 5.74) is 7.40. The number of aromatic nitrogens is 3. The van der Waals surface area contributed by atoms with Crippen LogP contribution in [-0.4, -0.2) is 32.1 Å². The van der Waals surface area contributed by atoms with Gasteiger partial charge in [0.25, 0.3) is 5.91 Å². The fourth-order valence-electron chi connectivity index (χ4n) is 4.24. The van der Waals surface area contributed by atoms with Crippen LogP contribution in [0.25, 0.3) is 22.2 Å². The number of para-hydroxylation sites is 1. The molecule has 3 heterocycles. The van der Waals surface area contributed by atoms with E-state index in [0.29, 0.717) is 18.8 Å². The summed E-state index contributed by atoms with van der Waals surface area (Å²) in [6, 6.07) is 18.4. The highest BCUT2D eigenvalue weighted by molar-refractivity contribution is 5.98. The third-order valence-electron chi connectivity index (χ3n) is 5.63. The third kappa shape index (κ3) is 2.62. The van der Waals surface area contributed by atoms with Gasteiger partial charge in [-0.3, -0.25) is 9.48 Å². The number of benzene rings is 2. The maximum absolute atomic E-state index is 13.1. The lowest BCUT2D eigenvalue weighted by Gasteiger charge is -2.26. The third-order valence-corrected chi connectivity index (χ3v) is 5.63. The molecule has 1 amide bonds. The predicted octanol–water partition coefficient (Wildman–Crippen LogP) is 4.08. The lowest BCUT2D eigenvalue weighted by atomic mass is 9.99. The van der Waals surface area contributed by atoms with Gasteiger partial charge in [0, 0.05) is 35.6 Å². The minimum Gasteiger partial charge on any atom is -0.350 e. The van der Waals surface area contributed by atoms with Crippen molar-refractivity contribution in [1.82, 2.24) is 19.7 Å². The van der Waals surface area contributed by atoms with Crippen LogP contribution in [0.15, 0.2) is 54.6 Å². The van der Waals surface area contributed by atoms with Crippen LogP contribution in [0.1, 0.15) is 27.3 Å². The first kappa shape index (κ1) is 16.8. The van der Waals surface area contributed by atoms with E-state index in [0.717, 1.165) is 34.3 Å². The largest absolute Gasteiger partial charge is 0.350 e. The molecule has 1 aliphatic rings. The number of carbonyl (C=O) groups excluding carboxylic acids is 1. The van der Waals surface area contributed by atoms with Gasteiger partial charge in [-0.15, -0.1) is 0 Å². The molecule has 0 radical (unpaired) electrons. The van der Waals surface area contributed by atoms with Crippen molar-refractivity contribution in [2.75, 3.05) is 6.54 Å².